The number of hydrogen-bond acceptors (Lipinski definition) is 4. The minimum Gasteiger partial charge on any atom is -0.371 e. The van der Waals surface area contributed by atoms with Gasteiger partial charge in [0.25, 0.3) is 5.69 Å². The summed E-state index contributed by atoms with van der Waals surface area (Å²) in [5.74, 6) is 0.151. The SMILES string of the molecule is O=CC1CCN(c2ccc([N+](=O)[O-])cc2Br)CC1. The van der Waals surface area contributed by atoms with E-state index in [0.717, 1.165) is 42.4 Å². The van der Waals surface area contributed by atoms with Crippen molar-refractivity contribution in [3.05, 3.63) is 32.8 Å². The van der Waals surface area contributed by atoms with E-state index in [-0.39, 0.29) is 11.6 Å². The molecule has 1 aromatic carbocycles. The normalized spacial score (nSPS) is 16.6. The zero-order chi connectivity index (χ0) is 13.1. The third kappa shape index (κ3) is 2.69. The van der Waals surface area contributed by atoms with Crippen LogP contribution in [0, 0.1) is 16.0 Å². The quantitative estimate of drug-likeness (QED) is 0.489. The molecule has 0 amide bonds. The van der Waals surface area contributed by atoms with E-state index in [2.05, 4.69) is 20.8 Å². The fourth-order valence-electron chi connectivity index (χ4n) is 2.14. The molecule has 0 radical (unpaired) electrons. The summed E-state index contributed by atoms with van der Waals surface area (Å²) in [5.41, 5.74) is 1.03. The van der Waals surface area contributed by atoms with Gasteiger partial charge in [0.05, 0.1) is 10.6 Å². The molecule has 1 saturated heterocycles. The number of nitro benzene ring substituents is 1. The van der Waals surface area contributed by atoms with Gasteiger partial charge in [-0.1, -0.05) is 0 Å². The molecule has 2 rings (SSSR count). The number of piperidine rings is 1. The molecule has 0 unspecified atom stereocenters. The first kappa shape index (κ1) is 13.0. The zero-order valence-corrected chi connectivity index (χ0v) is 11.3. The smallest absolute Gasteiger partial charge is 0.270 e. The number of carbonyl (C=O) groups is 1. The minimum absolute atomic E-state index is 0.0772. The molecule has 0 bridgehead atoms. The number of rotatable bonds is 3. The van der Waals surface area contributed by atoms with E-state index in [9.17, 15) is 14.9 Å². The van der Waals surface area contributed by atoms with E-state index in [4.69, 9.17) is 0 Å². The van der Waals surface area contributed by atoms with Gasteiger partial charge >= 0.3 is 0 Å². The summed E-state index contributed by atoms with van der Waals surface area (Å²) < 4.78 is 0.723. The van der Waals surface area contributed by atoms with Crippen LogP contribution in [0.4, 0.5) is 11.4 Å². The molecule has 96 valence electrons. The molecule has 1 aliphatic rings. The molecule has 1 aliphatic heterocycles. The van der Waals surface area contributed by atoms with Gasteiger partial charge in [-0.15, -0.1) is 0 Å². The van der Waals surface area contributed by atoms with Crippen molar-refractivity contribution in [3.63, 3.8) is 0 Å². The summed E-state index contributed by atoms with van der Waals surface area (Å²) >= 11 is 3.37. The number of non-ortho nitro benzene ring substituents is 1. The third-order valence-electron chi connectivity index (χ3n) is 3.21. The monoisotopic (exact) mass is 312 g/mol. The minimum atomic E-state index is -0.410. The molecule has 0 aromatic heterocycles. The molecule has 18 heavy (non-hydrogen) atoms. The Morgan fingerprint density at radius 3 is 2.56 bits per heavy atom. The Morgan fingerprint density at radius 1 is 1.39 bits per heavy atom. The van der Waals surface area contributed by atoms with Crippen LogP contribution in [0.1, 0.15) is 12.8 Å². The van der Waals surface area contributed by atoms with Gasteiger partial charge in [0, 0.05) is 35.6 Å². The summed E-state index contributed by atoms with van der Waals surface area (Å²) in [6, 6.07) is 4.77. The Hall–Kier alpha value is -1.43. The fourth-order valence-corrected chi connectivity index (χ4v) is 2.76. The molecular weight excluding hydrogens is 300 g/mol. The third-order valence-corrected chi connectivity index (χ3v) is 3.85. The lowest BCUT2D eigenvalue weighted by atomic mass is 9.98. The van der Waals surface area contributed by atoms with Crippen molar-refractivity contribution < 1.29 is 9.72 Å². The van der Waals surface area contributed by atoms with E-state index in [1.807, 2.05) is 0 Å². The molecular formula is C12H13BrN2O3. The summed E-state index contributed by atoms with van der Waals surface area (Å²) in [4.78, 5) is 23.1. The van der Waals surface area contributed by atoms with Gasteiger partial charge in [0.15, 0.2) is 0 Å². The maximum atomic E-state index is 10.7. The molecule has 0 spiro atoms. The van der Waals surface area contributed by atoms with Crippen LogP contribution in [-0.2, 0) is 4.79 Å². The lowest BCUT2D eigenvalue weighted by Gasteiger charge is -2.32. The van der Waals surface area contributed by atoms with Crippen LogP contribution in [0.2, 0.25) is 0 Å². The number of anilines is 1. The Kier molecular flexibility index (Phi) is 3.96. The number of nitrogens with zero attached hydrogens (tertiary/aromatic N) is 2. The Bertz CT molecular complexity index is 470. The van der Waals surface area contributed by atoms with E-state index >= 15 is 0 Å². The number of nitro groups is 1. The molecule has 0 atom stereocenters. The van der Waals surface area contributed by atoms with Crippen molar-refractivity contribution in [2.24, 2.45) is 5.92 Å². The van der Waals surface area contributed by atoms with Crippen LogP contribution >= 0.6 is 15.9 Å². The lowest BCUT2D eigenvalue weighted by Crippen LogP contribution is -2.34. The van der Waals surface area contributed by atoms with Gasteiger partial charge in [0.1, 0.15) is 6.29 Å². The number of aldehydes is 1. The van der Waals surface area contributed by atoms with Crippen LogP contribution in [0.15, 0.2) is 22.7 Å². The number of halogens is 1. The van der Waals surface area contributed by atoms with E-state index in [1.54, 1.807) is 6.07 Å². The van der Waals surface area contributed by atoms with Crippen molar-refractivity contribution in [2.45, 2.75) is 12.8 Å². The summed E-state index contributed by atoms with van der Waals surface area (Å²) in [6.07, 6.45) is 2.70. The summed E-state index contributed by atoms with van der Waals surface area (Å²) in [6.45, 7) is 1.61. The molecule has 1 fully saturated rings. The first-order valence-electron chi connectivity index (χ1n) is 5.76. The molecule has 0 saturated carbocycles. The molecule has 0 aliphatic carbocycles. The predicted molar refractivity (Wildman–Crippen MR) is 71.8 cm³/mol. The van der Waals surface area contributed by atoms with Gasteiger partial charge < -0.3 is 9.69 Å². The maximum Gasteiger partial charge on any atom is 0.270 e. The highest BCUT2D eigenvalue weighted by Gasteiger charge is 2.21. The lowest BCUT2D eigenvalue weighted by molar-refractivity contribution is -0.384. The number of benzene rings is 1. The number of carbonyl (C=O) groups excluding carboxylic acids is 1. The molecule has 0 N–H and O–H groups in total. The standard InChI is InChI=1S/C12H13BrN2O3/c13-11-7-10(15(17)18)1-2-12(11)14-5-3-9(8-16)4-6-14/h1-2,7-9H,3-6H2. The van der Waals surface area contributed by atoms with Crippen molar-refractivity contribution in [3.8, 4) is 0 Å². The largest absolute Gasteiger partial charge is 0.371 e. The molecule has 1 heterocycles. The topological polar surface area (TPSA) is 63.5 Å². The van der Waals surface area contributed by atoms with Crippen LogP contribution < -0.4 is 4.90 Å². The molecule has 1 aromatic rings. The van der Waals surface area contributed by atoms with Crippen LogP contribution in [0.25, 0.3) is 0 Å². The van der Waals surface area contributed by atoms with Gasteiger partial charge in [0.2, 0.25) is 0 Å². The molecule has 6 heteroatoms. The highest BCUT2D eigenvalue weighted by Crippen LogP contribution is 2.32. The van der Waals surface area contributed by atoms with Crippen LogP contribution in [0.5, 0.6) is 0 Å². The predicted octanol–water partition coefficient (Wildman–Crippen LogP) is 2.77. The van der Waals surface area contributed by atoms with Crippen LogP contribution in [0.3, 0.4) is 0 Å². The molecule has 5 nitrogen and oxygen atoms in total. The van der Waals surface area contributed by atoms with Gasteiger partial charge in [-0.3, -0.25) is 10.1 Å². The van der Waals surface area contributed by atoms with Crippen molar-refractivity contribution in [2.75, 3.05) is 18.0 Å². The maximum absolute atomic E-state index is 10.7. The Labute approximate surface area is 113 Å². The zero-order valence-electron chi connectivity index (χ0n) is 9.71. The second kappa shape index (κ2) is 5.48. The average molecular weight is 313 g/mol. The fraction of sp³-hybridized carbons (Fsp3) is 0.417. The van der Waals surface area contributed by atoms with Crippen molar-refractivity contribution >= 4 is 33.6 Å². The first-order chi connectivity index (χ1) is 8.61. The van der Waals surface area contributed by atoms with Gasteiger partial charge in [-0.25, -0.2) is 0 Å². The van der Waals surface area contributed by atoms with Gasteiger partial charge in [-0.05, 0) is 34.8 Å². The highest BCUT2D eigenvalue weighted by atomic mass is 79.9. The summed E-state index contributed by atoms with van der Waals surface area (Å²) in [7, 11) is 0. The summed E-state index contributed by atoms with van der Waals surface area (Å²) in [5, 5.41) is 10.7. The first-order valence-corrected chi connectivity index (χ1v) is 6.55. The Morgan fingerprint density at radius 2 is 2.06 bits per heavy atom. The van der Waals surface area contributed by atoms with E-state index in [1.165, 1.54) is 12.1 Å². The number of hydrogen-bond donors (Lipinski definition) is 0. The van der Waals surface area contributed by atoms with E-state index in [0.29, 0.717) is 0 Å². The second-order valence-electron chi connectivity index (χ2n) is 4.35. The van der Waals surface area contributed by atoms with Crippen molar-refractivity contribution in [1.82, 2.24) is 0 Å². The van der Waals surface area contributed by atoms with Crippen LogP contribution in [-0.4, -0.2) is 24.3 Å². The van der Waals surface area contributed by atoms with E-state index < -0.39 is 4.92 Å². The Balaban J connectivity index is 2.14. The highest BCUT2D eigenvalue weighted by molar-refractivity contribution is 9.10. The second-order valence-corrected chi connectivity index (χ2v) is 5.21. The van der Waals surface area contributed by atoms with Gasteiger partial charge in [-0.2, -0.15) is 0 Å². The van der Waals surface area contributed by atoms with Crippen molar-refractivity contribution in [1.29, 1.82) is 0 Å². The average Bonchev–Trinajstić information content (AvgIpc) is 2.38.